The van der Waals surface area contributed by atoms with Gasteiger partial charge < -0.3 is 9.72 Å². The maximum Gasteiger partial charge on any atom is 0.348 e. The van der Waals surface area contributed by atoms with Gasteiger partial charge in [-0.05, 0) is 25.0 Å². The van der Waals surface area contributed by atoms with Gasteiger partial charge in [0, 0.05) is 6.42 Å². The molecule has 3 rings (SSSR count). The molecule has 6 heteroatoms. The van der Waals surface area contributed by atoms with E-state index in [4.69, 9.17) is 4.74 Å². The highest BCUT2D eigenvalue weighted by Gasteiger charge is 2.19. The van der Waals surface area contributed by atoms with E-state index in [0.29, 0.717) is 39.5 Å². The Morgan fingerprint density at radius 3 is 2.74 bits per heavy atom. The van der Waals surface area contributed by atoms with Crippen LogP contribution in [0.2, 0.25) is 0 Å². The normalized spacial score (nSPS) is 10.9. The van der Waals surface area contributed by atoms with E-state index in [0.717, 1.165) is 5.56 Å². The first-order valence-electron chi connectivity index (χ1n) is 7.27. The third-order valence-electron chi connectivity index (χ3n) is 3.57. The number of thiophene rings is 1. The maximum atomic E-state index is 12.3. The summed E-state index contributed by atoms with van der Waals surface area (Å²) in [5.74, 6) is 0.131. The number of H-pyrrole nitrogens is 1. The van der Waals surface area contributed by atoms with Gasteiger partial charge in [0.05, 0.1) is 12.0 Å². The van der Waals surface area contributed by atoms with Gasteiger partial charge in [-0.1, -0.05) is 30.3 Å². The minimum absolute atomic E-state index is 0.218. The second-order valence-corrected chi connectivity index (χ2v) is 6.26. The van der Waals surface area contributed by atoms with Gasteiger partial charge in [-0.3, -0.25) is 4.79 Å². The van der Waals surface area contributed by atoms with Crippen LogP contribution in [0.4, 0.5) is 0 Å². The summed E-state index contributed by atoms with van der Waals surface area (Å²) in [5.41, 5.74) is 1.52. The zero-order valence-electron chi connectivity index (χ0n) is 12.9. The molecule has 0 saturated carbocycles. The largest absolute Gasteiger partial charge is 0.461 e. The number of nitrogens with one attached hydrogen (secondary N) is 1. The molecule has 1 aromatic carbocycles. The number of esters is 1. The summed E-state index contributed by atoms with van der Waals surface area (Å²) in [6.07, 6.45) is 0.661. The zero-order valence-corrected chi connectivity index (χ0v) is 13.7. The van der Waals surface area contributed by atoms with Crippen LogP contribution in [0, 0.1) is 13.8 Å². The Balaban J connectivity index is 1.77. The number of aryl methyl sites for hydroxylation is 2. The van der Waals surface area contributed by atoms with Crippen LogP contribution in [-0.4, -0.2) is 22.5 Å². The standard InChI is InChI=1S/C17H16N2O3S/c1-10-13-15(20)18-11(2)19-16(13)23-14(10)17(21)22-9-8-12-6-4-3-5-7-12/h3-7H,8-9H2,1-2H3,(H,18,19,20). The molecule has 2 aromatic heterocycles. The number of fused-ring (bicyclic) bond motifs is 1. The molecule has 0 spiro atoms. The van der Waals surface area contributed by atoms with Crippen LogP contribution in [0.1, 0.15) is 26.6 Å². The smallest absolute Gasteiger partial charge is 0.348 e. The topological polar surface area (TPSA) is 72.0 Å². The average Bonchev–Trinajstić information content (AvgIpc) is 2.85. The van der Waals surface area contributed by atoms with E-state index in [1.54, 1.807) is 13.8 Å². The van der Waals surface area contributed by atoms with E-state index in [1.807, 2.05) is 30.3 Å². The Labute approximate surface area is 137 Å². The minimum atomic E-state index is -0.404. The number of carbonyl (C=O) groups excluding carboxylic acids is 1. The molecule has 23 heavy (non-hydrogen) atoms. The van der Waals surface area contributed by atoms with Crippen molar-refractivity contribution in [2.75, 3.05) is 6.61 Å². The summed E-state index contributed by atoms with van der Waals surface area (Å²) in [6, 6.07) is 9.83. The molecule has 0 saturated heterocycles. The van der Waals surface area contributed by atoms with Crippen LogP contribution in [0.15, 0.2) is 35.1 Å². The summed E-state index contributed by atoms with van der Waals surface area (Å²) in [7, 11) is 0. The van der Waals surface area contributed by atoms with Crippen molar-refractivity contribution in [2.45, 2.75) is 20.3 Å². The molecule has 1 N–H and O–H groups in total. The number of aromatic nitrogens is 2. The Hall–Kier alpha value is -2.47. The lowest BCUT2D eigenvalue weighted by Crippen LogP contribution is -2.10. The molecule has 0 aliphatic rings. The fraction of sp³-hybridized carbons (Fsp3) is 0.235. The Morgan fingerprint density at radius 1 is 1.26 bits per heavy atom. The van der Waals surface area contributed by atoms with Gasteiger partial charge in [0.2, 0.25) is 0 Å². The molecule has 0 atom stereocenters. The lowest BCUT2D eigenvalue weighted by molar-refractivity contribution is 0.0514. The van der Waals surface area contributed by atoms with Crippen LogP contribution in [-0.2, 0) is 11.2 Å². The third-order valence-corrected chi connectivity index (χ3v) is 4.74. The highest BCUT2D eigenvalue weighted by Crippen LogP contribution is 2.27. The van der Waals surface area contributed by atoms with Crippen molar-refractivity contribution in [3.8, 4) is 0 Å². The van der Waals surface area contributed by atoms with Crippen molar-refractivity contribution in [1.82, 2.24) is 9.97 Å². The Morgan fingerprint density at radius 2 is 2.00 bits per heavy atom. The van der Waals surface area contributed by atoms with Crippen LogP contribution >= 0.6 is 11.3 Å². The van der Waals surface area contributed by atoms with Gasteiger partial charge in [0.1, 0.15) is 15.5 Å². The van der Waals surface area contributed by atoms with E-state index < -0.39 is 5.97 Å². The number of ether oxygens (including phenoxy) is 1. The van der Waals surface area contributed by atoms with Crippen molar-refractivity contribution in [1.29, 1.82) is 0 Å². The third kappa shape index (κ3) is 3.17. The summed E-state index contributed by atoms with van der Waals surface area (Å²) in [4.78, 5) is 32.2. The molecular formula is C17H16N2O3S. The molecule has 0 aliphatic carbocycles. The number of aromatic amines is 1. The average molecular weight is 328 g/mol. The highest BCUT2D eigenvalue weighted by atomic mass is 32.1. The summed E-state index contributed by atoms with van der Waals surface area (Å²) in [5, 5.41) is 0.468. The van der Waals surface area contributed by atoms with E-state index >= 15 is 0 Å². The molecular weight excluding hydrogens is 312 g/mol. The first kappa shape index (κ1) is 15.4. The molecule has 0 fully saturated rings. The summed E-state index contributed by atoms with van der Waals surface area (Å²) >= 11 is 1.20. The van der Waals surface area contributed by atoms with Crippen molar-refractivity contribution in [3.63, 3.8) is 0 Å². The lowest BCUT2D eigenvalue weighted by atomic mass is 10.2. The molecule has 118 valence electrons. The van der Waals surface area contributed by atoms with Crippen LogP contribution in [0.5, 0.6) is 0 Å². The molecule has 0 bridgehead atoms. The summed E-state index contributed by atoms with van der Waals surface area (Å²) < 4.78 is 5.34. The van der Waals surface area contributed by atoms with E-state index in [2.05, 4.69) is 9.97 Å². The first-order chi connectivity index (χ1) is 11.1. The van der Waals surface area contributed by atoms with E-state index in [-0.39, 0.29) is 5.56 Å². The van der Waals surface area contributed by atoms with Crippen molar-refractivity contribution >= 4 is 27.5 Å². The van der Waals surface area contributed by atoms with E-state index in [9.17, 15) is 9.59 Å². The molecule has 0 aliphatic heterocycles. The van der Waals surface area contributed by atoms with Crippen LogP contribution in [0.25, 0.3) is 10.2 Å². The van der Waals surface area contributed by atoms with Gasteiger partial charge in [0.25, 0.3) is 5.56 Å². The SMILES string of the molecule is Cc1nc2sc(C(=O)OCCc3ccccc3)c(C)c2c(=O)[nH]1. The fourth-order valence-electron chi connectivity index (χ4n) is 2.42. The molecule has 0 amide bonds. The number of carbonyl (C=O) groups is 1. The Kier molecular flexibility index (Phi) is 4.25. The van der Waals surface area contributed by atoms with E-state index in [1.165, 1.54) is 11.3 Å². The predicted molar refractivity (Wildman–Crippen MR) is 90.1 cm³/mol. The number of rotatable bonds is 4. The first-order valence-corrected chi connectivity index (χ1v) is 8.09. The van der Waals surface area contributed by atoms with Gasteiger partial charge in [-0.25, -0.2) is 9.78 Å². The van der Waals surface area contributed by atoms with Gasteiger partial charge in [-0.15, -0.1) is 11.3 Å². The van der Waals surface area contributed by atoms with Gasteiger partial charge >= 0.3 is 5.97 Å². The lowest BCUT2D eigenvalue weighted by Gasteiger charge is -2.04. The molecule has 2 heterocycles. The quantitative estimate of drug-likeness (QED) is 0.747. The molecule has 3 aromatic rings. The van der Waals surface area contributed by atoms with Crippen molar-refractivity contribution in [2.24, 2.45) is 0 Å². The highest BCUT2D eigenvalue weighted by molar-refractivity contribution is 7.20. The van der Waals surface area contributed by atoms with Crippen LogP contribution < -0.4 is 5.56 Å². The second-order valence-electron chi connectivity index (χ2n) is 5.26. The monoisotopic (exact) mass is 328 g/mol. The molecule has 0 radical (unpaired) electrons. The number of hydrogen-bond donors (Lipinski definition) is 1. The predicted octanol–water partition coefficient (Wildman–Crippen LogP) is 3.00. The zero-order chi connectivity index (χ0) is 16.4. The number of hydrogen-bond acceptors (Lipinski definition) is 5. The number of nitrogens with zero attached hydrogens (tertiary/aromatic N) is 1. The van der Waals surface area contributed by atoms with Crippen molar-refractivity contribution in [3.05, 3.63) is 62.5 Å². The number of benzene rings is 1. The molecule has 0 unspecified atom stereocenters. The van der Waals surface area contributed by atoms with Crippen LogP contribution in [0.3, 0.4) is 0 Å². The minimum Gasteiger partial charge on any atom is -0.461 e. The fourth-order valence-corrected chi connectivity index (χ4v) is 3.54. The van der Waals surface area contributed by atoms with Gasteiger partial charge in [-0.2, -0.15) is 0 Å². The molecule has 5 nitrogen and oxygen atoms in total. The van der Waals surface area contributed by atoms with Gasteiger partial charge in [0.15, 0.2) is 0 Å². The summed E-state index contributed by atoms with van der Waals surface area (Å²) in [6.45, 7) is 3.77. The second kappa shape index (κ2) is 6.34. The van der Waals surface area contributed by atoms with Crippen molar-refractivity contribution < 1.29 is 9.53 Å². The Bertz CT molecular complexity index is 913. The maximum absolute atomic E-state index is 12.3.